The van der Waals surface area contributed by atoms with Crippen LogP contribution in [0.2, 0.25) is 0 Å². The quantitative estimate of drug-likeness (QED) is 0.707. The second kappa shape index (κ2) is 7.09. The summed E-state index contributed by atoms with van der Waals surface area (Å²) in [6.07, 6.45) is 2.93. The second-order valence-corrected chi connectivity index (χ2v) is 6.95. The van der Waals surface area contributed by atoms with Crippen molar-refractivity contribution in [2.75, 3.05) is 36.0 Å². The topological polar surface area (TPSA) is 62.5 Å². The van der Waals surface area contributed by atoms with E-state index < -0.39 is 0 Å². The van der Waals surface area contributed by atoms with Crippen molar-refractivity contribution in [3.63, 3.8) is 0 Å². The molecule has 0 spiro atoms. The molecule has 4 heterocycles. The van der Waals surface area contributed by atoms with Crippen LogP contribution < -0.4 is 9.80 Å². The SMILES string of the molecule is CCc1ncnc(N2CCCN(c3cc(C)nc4cc(C)nn34)CC2)c1F. The van der Waals surface area contributed by atoms with Gasteiger partial charge in [0, 0.05) is 44.0 Å². The van der Waals surface area contributed by atoms with Gasteiger partial charge < -0.3 is 9.80 Å². The van der Waals surface area contributed by atoms with Gasteiger partial charge in [-0.15, -0.1) is 0 Å². The highest BCUT2D eigenvalue weighted by molar-refractivity contribution is 5.52. The van der Waals surface area contributed by atoms with E-state index in [-0.39, 0.29) is 5.82 Å². The normalized spacial score (nSPS) is 15.4. The van der Waals surface area contributed by atoms with Crippen LogP contribution in [0.5, 0.6) is 0 Å². The van der Waals surface area contributed by atoms with Gasteiger partial charge in [0.25, 0.3) is 0 Å². The Balaban J connectivity index is 1.61. The van der Waals surface area contributed by atoms with Crippen LogP contribution in [0.4, 0.5) is 16.0 Å². The van der Waals surface area contributed by atoms with Crippen LogP contribution in [0.15, 0.2) is 18.5 Å². The summed E-state index contributed by atoms with van der Waals surface area (Å²) in [4.78, 5) is 17.1. The number of rotatable bonds is 3. The van der Waals surface area contributed by atoms with E-state index in [9.17, 15) is 4.39 Å². The molecule has 3 aromatic rings. The van der Waals surface area contributed by atoms with Gasteiger partial charge in [0.2, 0.25) is 0 Å². The van der Waals surface area contributed by atoms with E-state index in [0.29, 0.717) is 24.5 Å². The highest BCUT2D eigenvalue weighted by atomic mass is 19.1. The molecule has 0 bridgehead atoms. The largest absolute Gasteiger partial charge is 0.355 e. The van der Waals surface area contributed by atoms with Crippen LogP contribution in [0.25, 0.3) is 5.65 Å². The highest BCUT2D eigenvalue weighted by Gasteiger charge is 2.22. The Morgan fingerprint density at radius 1 is 1.00 bits per heavy atom. The first-order valence-corrected chi connectivity index (χ1v) is 9.40. The molecule has 1 saturated heterocycles. The van der Waals surface area contributed by atoms with Crippen molar-refractivity contribution in [3.05, 3.63) is 41.4 Å². The lowest BCUT2D eigenvalue weighted by molar-refractivity contribution is 0.584. The Labute approximate surface area is 157 Å². The van der Waals surface area contributed by atoms with Crippen LogP contribution >= 0.6 is 0 Å². The molecule has 0 atom stereocenters. The lowest BCUT2D eigenvalue weighted by Gasteiger charge is -2.25. The minimum atomic E-state index is -0.293. The molecule has 0 N–H and O–H groups in total. The van der Waals surface area contributed by atoms with E-state index in [0.717, 1.165) is 48.9 Å². The molecular weight excluding hydrogens is 345 g/mol. The number of anilines is 2. The summed E-state index contributed by atoms with van der Waals surface area (Å²) >= 11 is 0. The van der Waals surface area contributed by atoms with Crippen molar-refractivity contribution in [1.82, 2.24) is 24.6 Å². The van der Waals surface area contributed by atoms with E-state index in [1.165, 1.54) is 6.33 Å². The van der Waals surface area contributed by atoms with Gasteiger partial charge in [-0.2, -0.15) is 9.61 Å². The molecule has 0 radical (unpaired) electrons. The average Bonchev–Trinajstić information content (AvgIpc) is 2.87. The molecule has 1 aliphatic heterocycles. The summed E-state index contributed by atoms with van der Waals surface area (Å²) in [5, 5.41) is 4.59. The maximum absolute atomic E-state index is 14.7. The maximum atomic E-state index is 14.7. The third kappa shape index (κ3) is 3.31. The standard InChI is InChI=1S/C19H24FN7/c1-4-15-18(20)19(22-12-21-15)26-7-5-6-25(8-9-26)17-11-13(2)23-16-10-14(3)24-27(16)17/h10-12H,4-9H2,1-3H3. The molecule has 1 aliphatic rings. The maximum Gasteiger partial charge on any atom is 0.187 e. The smallest absolute Gasteiger partial charge is 0.187 e. The minimum Gasteiger partial charge on any atom is -0.355 e. The molecule has 142 valence electrons. The lowest BCUT2D eigenvalue weighted by Crippen LogP contribution is -2.33. The first kappa shape index (κ1) is 17.6. The average molecular weight is 369 g/mol. The zero-order valence-corrected chi connectivity index (χ0v) is 16.0. The fraction of sp³-hybridized carbons (Fsp3) is 0.474. The zero-order chi connectivity index (χ0) is 19.0. The third-order valence-electron chi connectivity index (χ3n) is 4.96. The molecule has 0 aromatic carbocycles. The summed E-state index contributed by atoms with van der Waals surface area (Å²) in [5.41, 5.74) is 3.24. The molecule has 1 fully saturated rings. The third-order valence-corrected chi connectivity index (χ3v) is 4.96. The van der Waals surface area contributed by atoms with Crippen molar-refractivity contribution in [2.24, 2.45) is 0 Å². The highest BCUT2D eigenvalue weighted by Crippen LogP contribution is 2.23. The fourth-order valence-electron chi connectivity index (χ4n) is 3.64. The van der Waals surface area contributed by atoms with Gasteiger partial charge in [0.1, 0.15) is 12.1 Å². The van der Waals surface area contributed by atoms with E-state index in [1.807, 2.05) is 36.3 Å². The molecule has 4 rings (SSSR count). The van der Waals surface area contributed by atoms with E-state index in [2.05, 4.69) is 31.0 Å². The molecule has 8 heteroatoms. The van der Waals surface area contributed by atoms with Crippen molar-refractivity contribution in [1.29, 1.82) is 0 Å². The van der Waals surface area contributed by atoms with Gasteiger partial charge in [-0.25, -0.2) is 19.3 Å². The Kier molecular flexibility index (Phi) is 4.63. The molecule has 3 aromatic heterocycles. The molecule has 0 amide bonds. The number of aromatic nitrogens is 5. The van der Waals surface area contributed by atoms with Crippen LogP contribution in [-0.2, 0) is 6.42 Å². The monoisotopic (exact) mass is 369 g/mol. The molecule has 7 nitrogen and oxygen atoms in total. The molecule has 27 heavy (non-hydrogen) atoms. The number of aryl methyl sites for hydroxylation is 3. The molecule has 0 aliphatic carbocycles. The van der Waals surface area contributed by atoms with Gasteiger partial charge in [0.05, 0.1) is 11.4 Å². The number of fused-ring (bicyclic) bond motifs is 1. The number of hydrogen-bond donors (Lipinski definition) is 0. The van der Waals surface area contributed by atoms with Crippen LogP contribution in [0.1, 0.15) is 30.4 Å². The predicted molar refractivity (Wildman–Crippen MR) is 103 cm³/mol. The first-order valence-electron chi connectivity index (χ1n) is 9.40. The lowest BCUT2D eigenvalue weighted by atomic mass is 10.3. The number of hydrogen-bond acceptors (Lipinski definition) is 6. The number of nitrogens with zero attached hydrogens (tertiary/aromatic N) is 7. The van der Waals surface area contributed by atoms with Crippen LogP contribution in [-0.4, -0.2) is 50.7 Å². The Bertz CT molecular complexity index is 968. The second-order valence-electron chi connectivity index (χ2n) is 6.95. The van der Waals surface area contributed by atoms with Crippen LogP contribution in [0.3, 0.4) is 0 Å². The summed E-state index contributed by atoms with van der Waals surface area (Å²) in [6.45, 7) is 8.98. The first-order chi connectivity index (χ1) is 13.1. The Hall–Kier alpha value is -2.77. The van der Waals surface area contributed by atoms with Gasteiger partial charge in [-0.3, -0.25) is 0 Å². The van der Waals surface area contributed by atoms with Gasteiger partial charge >= 0.3 is 0 Å². The summed E-state index contributed by atoms with van der Waals surface area (Å²) in [6, 6.07) is 4.05. The molecule has 0 saturated carbocycles. The van der Waals surface area contributed by atoms with Crippen molar-refractivity contribution in [3.8, 4) is 0 Å². The summed E-state index contributed by atoms with van der Waals surface area (Å²) in [5.74, 6) is 1.15. The minimum absolute atomic E-state index is 0.293. The van der Waals surface area contributed by atoms with Crippen molar-refractivity contribution in [2.45, 2.75) is 33.6 Å². The van der Waals surface area contributed by atoms with Crippen molar-refractivity contribution < 1.29 is 4.39 Å². The molecular formula is C19H24FN7. The van der Waals surface area contributed by atoms with Gasteiger partial charge in [-0.1, -0.05) is 6.92 Å². The van der Waals surface area contributed by atoms with Gasteiger partial charge in [0.15, 0.2) is 17.3 Å². The summed E-state index contributed by atoms with van der Waals surface area (Å²) < 4.78 is 16.6. The van der Waals surface area contributed by atoms with E-state index in [4.69, 9.17) is 0 Å². The zero-order valence-electron chi connectivity index (χ0n) is 16.0. The number of halogens is 1. The van der Waals surface area contributed by atoms with E-state index >= 15 is 0 Å². The van der Waals surface area contributed by atoms with E-state index in [1.54, 1.807) is 0 Å². The fourth-order valence-corrected chi connectivity index (χ4v) is 3.64. The Morgan fingerprint density at radius 3 is 2.59 bits per heavy atom. The predicted octanol–water partition coefficient (Wildman–Crippen LogP) is 2.55. The van der Waals surface area contributed by atoms with Crippen LogP contribution in [0, 0.1) is 19.7 Å². The van der Waals surface area contributed by atoms with Crippen molar-refractivity contribution >= 4 is 17.3 Å². The van der Waals surface area contributed by atoms with Gasteiger partial charge in [-0.05, 0) is 26.7 Å². The molecule has 0 unspecified atom stereocenters. The Morgan fingerprint density at radius 2 is 1.78 bits per heavy atom. The summed E-state index contributed by atoms with van der Waals surface area (Å²) in [7, 11) is 0.